The highest BCUT2D eigenvalue weighted by atomic mass is 35.5. The summed E-state index contributed by atoms with van der Waals surface area (Å²) < 4.78 is 1.60. The molecule has 7 nitrogen and oxygen atoms in total. The van der Waals surface area contributed by atoms with Gasteiger partial charge in [-0.1, -0.05) is 60.9 Å². The third-order valence-corrected chi connectivity index (χ3v) is 5.53. The quantitative estimate of drug-likeness (QED) is 0.571. The minimum atomic E-state index is -0.272. The van der Waals surface area contributed by atoms with Crippen LogP contribution >= 0.6 is 35.0 Å². The number of hydrogen-bond donors (Lipinski definition) is 1. The average molecular weight is 437 g/mol. The highest BCUT2D eigenvalue weighted by molar-refractivity contribution is 7.99. The molecule has 0 unspecified atom stereocenters. The van der Waals surface area contributed by atoms with Gasteiger partial charge in [-0.3, -0.25) is 4.79 Å². The summed E-state index contributed by atoms with van der Waals surface area (Å²) in [7, 11) is 0. The predicted octanol–water partition coefficient (Wildman–Crippen LogP) is 4.53. The number of benzene rings is 1. The van der Waals surface area contributed by atoms with Gasteiger partial charge in [-0.25, -0.2) is 4.98 Å². The molecular formula is C18H18Cl2N6OS. The van der Waals surface area contributed by atoms with E-state index in [9.17, 15) is 4.79 Å². The lowest BCUT2D eigenvalue weighted by molar-refractivity contribution is -0.113. The third kappa shape index (κ3) is 4.81. The number of halogens is 2. The lowest BCUT2D eigenvalue weighted by Gasteiger charge is -2.09. The summed E-state index contributed by atoms with van der Waals surface area (Å²) in [4.78, 5) is 16.5. The summed E-state index contributed by atoms with van der Waals surface area (Å²) in [6.07, 6.45) is 0. The van der Waals surface area contributed by atoms with E-state index in [-0.39, 0.29) is 22.5 Å². The number of anilines is 1. The topological polar surface area (TPSA) is 85.6 Å². The molecule has 0 radical (unpaired) electrons. The van der Waals surface area contributed by atoms with Crippen LogP contribution in [0.2, 0.25) is 10.0 Å². The highest BCUT2D eigenvalue weighted by Gasteiger charge is 2.14. The van der Waals surface area contributed by atoms with Crippen molar-refractivity contribution in [2.75, 3.05) is 11.1 Å². The Morgan fingerprint density at radius 2 is 1.93 bits per heavy atom. The largest absolute Gasteiger partial charge is 0.309 e. The first kappa shape index (κ1) is 20.6. The van der Waals surface area contributed by atoms with Gasteiger partial charge in [0.25, 0.3) is 0 Å². The Labute approximate surface area is 176 Å². The third-order valence-electron chi connectivity index (χ3n) is 3.94. The van der Waals surface area contributed by atoms with Gasteiger partial charge in [0.1, 0.15) is 0 Å². The average Bonchev–Trinajstić information content (AvgIpc) is 3.13. The normalized spacial score (nSPS) is 11.1. The number of rotatable bonds is 6. The molecule has 0 fully saturated rings. The van der Waals surface area contributed by atoms with Gasteiger partial charge in [-0.05, 0) is 47.0 Å². The monoisotopic (exact) mass is 436 g/mol. The predicted molar refractivity (Wildman–Crippen MR) is 112 cm³/mol. The number of nitrogens with zero attached hydrogens (tertiary/aromatic N) is 5. The summed E-state index contributed by atoms with van der Waals surface area (Å²) >= 11 is 13.3. The molecule has 3 aromatic rings. The standard InChI is InChI=1S/C18H18Cl2N6OS/c1-10(2)12-4-6-13(7-5-12)26-18(23-24-25-26)28-9-16(27)22-17-15(20)8-14(19)11(3)21-17/h4-8,10H,9H2,1-3H3,(H,21,22,27). The Morgan fingerprint density at radius 1 is 1.21 bits per heavy atom. The summed E-state index contributed by atoms with van der Waals surface area (Å²) in [6.45, 7) is 6.01. The molecule has 0 aliphatic heterocycles. The molecule has 0 saturated carbocycles. The van der Waals surface area contributed by atoms with Crippen molar-refractivity contribution in [3.05, 3.63) is 51.6 Å². The van der Waals surface area contributed by atoms with E-state index in [0.29, 0.717) is 21.8 Å². The number of hydrogen-bond acceptors (Lipinski definition) is 6. The number of aryl methyl sites for hydroxylation is 1. The number of pyridine rings is 1. The van der Waals surface area contributed by atoms with Gasteiger partial charge in [-0.15, -0.1) is 5.10 Å². The SMILES string of the molecule is Cc1nc(NC(=O)CSc2nnnn2-c2ccc(C(C)C)cc2)c(Cl)cc1Cl. The molecule has 0 aliphatic rings. The van der Waals surface area contributed by atoms with Gasteiger partial charge >= 0.3 is 0 Å². The maximum atomic E-state index is 12.3. The lowest BCUT2D eigenvalue weighted by Crippen LogP contribution is -2.16. The summed E-state index contributed by atoms with van der Waals surface area (Å²) in [5, 5.41) is 15.6. The molecule has 0 saturated heterocycles. The zero-order valence-electron chi connectivity index (χ0n) is 15.5. The van der Waals surface area contributed by atoms with Crippen molar-refractivity contribution in [1.82, 2.24) is 25.2 Å². The summed E-state index contributed by atoms with van der Waals surface area (Å²) in [6, 6.07) is 9.54. The second-order valence-electron chi connectivity index (χ2n) is 6.34. The number of tetrazole rings is 1. The molecule has 3 rings (SSSR count). The van der Waals surface area contributed by atoms with Crippen LogP contribution in [0.25, 0.3) is 5.69 Å². The molecule has 1 amide bonds. The van der Waals surface area contributed by atoms with E-state index < -0.39 is 0 Å². The first-order valence-corrected chi connectivity index (χ1v) is 10.2. The minimum Gasteiger partial charge on any atom is -0.309 e. The van der Waals surface area contributed by atoms with Gasteiger partial charge in [0.15, 0.2) is 5.82 Å². The first-order chi connectivity index (χ1) is 13.3. The number of carbonyl (C=O) groups excluding carboxylic acids is 1. The van der Waals surface area contributed by atoms with Crippen LogP contribution in [-0.2, 0) is 4.79 Å². The van der Waals surface area contributed by atoms with Crippen molar-refractivity contribution in [2.24, 2.45) is 0 Å². The van der Waals surface area contributed by atoms with E-state index in [0.717, 1.165) is 5.69 Å². The van der Waals surface area contributed by atoms with E-state index in [1.165, 1.54) is 17.3 Å². The molecule has 0 spiro atoms. The van der Waals surface area contributed by atoms with Gasteiger partial charge in [0, 0.05) is 0 Å². The number of aromatic nitrogens is 5. The van der Waals surface area contributed by atoms with E-state index >= 15 is 0 Å². The van der Waals surface area contributed by atoms with Crippen molar-refractivity contribution in [3.63, 3.8) is 0 Å². The fourth-order valence-electron chi connectivity index (χ4n) is 2.38. The van der Waals surface area contributed by atoms with E-state index in [1.54, 1.807) is 17.7 Å². The van der Waals surface area contributed by atoms with Crippen molar-refractivity contribution >= 4 is 46.7 Å². The van der Waals surface area contributed by atoms with Crippen molar-refractivity contribution < 1.29 is 4.79 Å². The lowest BCUT2D eigenvalue weighted by atomic mass is 10.0. The molecule has 0 aliphatic carbocycles. The maximum Gasteiger partial charge on any atom is 0.236 e. The highest BCUT2D eigenvalue weighted by Crippen LogP contribution is 2.26. The van der Waals surface area contributed by atoms with Crippen LogP contribution in [0, 0.1) is 6.92 Å². The van der Waals surface area contributed by atoms with Gasteiger partial charge in [0.2, 0.25) is 11.1 Å². The zero-order valence-corrected chi connectivity index (χ0v) is 17.8. The van der Waals surface area contributed by atoms with E-state index in [4.69, 9.17) is 23.2 Å². The van der Waals surface area contributed by atoms with Gasteiger partial charge in [-0.2, -0.15) is 4.68 Å². The van der Waals surface area contributed by atoms with Crippen LogP contribution < -0.4 is 5.32 Å². The van der Waals surface area contributed by atoms with Crippen LogP contribution in [0.1, 0.15) is 31.0 Å². The Balaban J connectivity index is 1.66. The molecule has 2 heterocycles. The number of nitrogens with one attached hydrogen (secondary N) is 1. The Kier molecular flexibility index (Phi) is 6.53. The van der Waals surface area contributed by atoms with Crippen LogP contribution in [0.3, 0.4) is 0 Å². The summed E-state index contributed by atoms with van der Waals surface area (Å²) in [5.41, 5.74) is 2.64. The number of thioether (sulfide) groups is 1. The van der Waals surface area contributed by atoms with Crippen LogP contribution in [0.15, 0.2) is 35.5 Å². The Morgan fingerprint density at radius 3 is 2.61 bits per heavy atom. The van der Waals surface area contributed by atoms with Crippen LogP contribution in [-0.4, -0.2) is 36.9 Å². The van der Waals surface area contributed by atoms with E-state index in [1.807, 2.05) is 24.3 Å². The van der Waals surface area contributed by atoms with Crippen LogP contribution in [0.4, 0.5) is 5.82 Å². The molecule has 1 aromatic carbocycles. The molecule has 28 heavy (non-hydrogen) atoms. The molecule has 146 valence electrons. The van der Waals surface area contributed by atoms with Crippen molar-refractivity contribution in [3.8, 4) is 5.69 Å². The second kappa shape index (κ2) is 8.89. The maximum absolute atomic E-state index is 12.3. The number of carbonyl (C=O) groups is 1. The molecule has 1 N–H and O–H groups in total. The van der Waals surface area contributed by atoms with E-state index in [2.05, 4.69) is 39.7 Å². The fraction of sp³-hybridized carbons (Fsp3) is 0.278. The molecule has 0 bridgehead atoms. The van der Waals surface area contributed by atoms with Crippen molar-refractivity contribution in [2.45, 2.75) is 31.8 Å². The van der Waals surface area contributed by atoms with Crippen LogP contribution in [0.5, 0.6) is 0 Å². The zero-order chi connectivity index (χ0) is 20.3. The first-order valence-electron chi connectivity index (χ1n) is 8.49. The summed E-state index contributed by atoms with van der Waals surface area (Å²) in [5.74, 6) is 0.547. The molecule has 0 atom stereocenters. The second-order valence-corrected chi connectivity index (χ2v) is 8.10. The van der Waals surface area contributed by atoms with Gasteiger partial charge in [0.05, 0.1) is 27.2 Å². The smallest absolute Gasteiger partial charge is 0.236 e. The number of amides is 1. The molecule has 2 aromatic heterocycles. The fourth-order valence-corrected chi connectivity index (χ4v) is 3.47. The minimum absolute atomic E-state index is 0.101. The van der Waals surface area contributed by atoms with Crippen molar-refractivity contribution in [1.29, 1.82) is 0 Å². The Hall–Kier alpha value is -2.16. The Bertz CT molecular complexity index is 990. The molecular weight excluding hydrogens is 419 g/mol. The van der Waals surface area contributed by atoms with Gasteiger partial charge < -0.3 is 5.32 Å². The molecule has 10 heteroatoms.